The zero-order valence-corrected chi connectivity index (χ0v) is 14.8. The van der Waals surface area contributed by atoms with Gasteiger partial charge in [-0.25, -0.2) is 0 Å². The van der Waals surface area contributed by atoms with Crippen molar-refractivity contribution in [3.8, 4) is 11.8 Å². The normalized spacial score (nSPS) is 16.3. The van der Waals surface area contributed by atoms with Gasteiger partial charge in [0.15, 0.2) is 5.78 Å². The highest BCUT2D eigenvalue weighted by molar-refractivity contribution is 5.95. The lowest BCUT2D eigenvalue weighted by molar-refractivity contribution is -0.0495. The fourth-order valence-corrected chi connectivity index (χ4v) is 3.21. The zero-order chi connectivity index (χ0) is 19.4. The number of alkyl halides is 2. The molecule has 1 aliphatic rings. The monoisotopic (exact) mass is 371 g/mol. The van der Waals surface area contributed by atoms with E-state index in [1.807, 2.05) is 4.90 Å². The van der Waals surface area contributed by atoms with Crippen molar-refractivity contribution >= 4 is 17.2 Å². The van der Waals surface area contributed by atoms with Gasteiger partial charge >= 0.3 is 6.61 Å². The minimum absolute atomic E-state index is 0.0129. The van der Waals surface area contributed by atoms with Gasteiger partial charge in [-0.05, 0) is 43.7 Å². The Labute approximate surface area is 156 Å². The molecule has 1 unspecified atom stereocenters. The number of hydrogen-bond donors (Lipinski definition) is 1. The smallest absolute Gasteiger partial charge is 0.387 e. The van der Waals surface area contributed by atoms with Crippen LogP contribution in [0.15, 0.2) is 42.5 Å². The Kier molecular flexibility index (Phi) is 5.55. The van der Waals surface area contributed by atoms with E-state index >= 15 is 0 Å². The first-order valence-electron chi connectivity index (χ1n) is 8.58. The third kappa shape index (κ3) is 4.34. The fraction of sp³-hybridized carbons (Fsp3) is 0.300. The van der Waals surface area contributed by atoms with E-state index in [2.05, 4.69) is 16.1 Å². The van der Waals surface area contributed by atoms with Crippen LogP contribution in [-0.2, 0) is 0 Å². The minimum Gasteiger partial charge on any atom is -0.433 e. The van der Waals surface area contributed by atoms with Crippen molar-refractivity contribution in [2.75, 3.05) is 23.3 Å². The summed E-state index contributed by atoms with van der Waals surface area (Å²) in [6.07, 6.45) is 0.762. The highest BCUT2D eigenvalue weighted by atomic mass is 19.3. The maximum Gasteiger partial charge on any atom is 0.387 e. The molecule has 5 nitrogen and oxygen atoms in total. The molecule has 2 aromatic rings. The molecule has 0 radical (unpaired) electrons. The van der Waals surface area contributed by atoms with Crippen molar-refractivity contribution in [2.45, 2.75) is 26.0 Å². The Balaban J connectivity index is 1.75. The number of carbonyl (C=O) groups excluding carboxylic acids is 1. The lowest BCUT2D eigenvalue weighted by atomic mass is 10.1. The van der Waals surface area contributed by atoms with Crippen LogP contribution >= 0.6 is 0 Å². The second-order valence-corrected chi connectivity index (χ2v) is 6.35. The largest absolute Gasteiger partial charge is 0.433 e. The van der Waals surface area contributed by atoms with Crippen molar-refractivity contribution in [3.63, 3.8) is 0 Å². The molecule has 0 saturated carbocycles. The molecule has 0 aromatic heterocycles. The number of rotatable bonds is 6. The van der Waals surface area contributed by atoms with Crippen molar-refractivity contribution in [2.24, 2.45) is 0 Å². The maximum absolute atomic E-state index is 12.6. The number of ketones is 1. The van der Waals surface area contributed by atoms with E-state index in [1.165, 1.54) is 13.0 Å². The minimum atomic E-state index is -2.88. The summed E-state index contributed by atoms with van der Waals surface area (Å²) in [5.41, 5.74) is 2.20. The Bertz CT molecular complexity index is 880. The number of para-hydroxylation sites is 2. The third-order valence-electron chi connectivity index (χ3n) is 4.52. The van der Waals surface area contributed by atoms with Crippen LogP contribution in [0.4, 0.5) is 20.2 Å². The van der Waals surface area contributed by atoms with Gasteiger partial charge < -0.3 is 15.0 Å². The Morgan fingerprint density at radius 1 is 1.33 bits per heavy atom. The number of Topliss-reactive ketones (excluding diaryl/α,β-unsaturated/α-hetero) is 1. The molecule has 1 atom stereocenters. The second-order valence-electron chi connectivity index (χ2n) is 6.35. The maximum atomic E-state index is 12.6. The topological polar surface area (TPSA) is 65.4 Å². The van der Waals surface area contributed by atoms with Crippen LogP contribution in [0.2, 0.25) is 0 Å². The quantitative estimate of drug-likeness (QED) is 0.776. The lowest BCUT2D eigenvalue weighted by Crippen LogP contribution is -2.26. The molecule has 1 fully saturated rings. The van der Waals surface area contributed by atoms with E-state index in [1.54, 1.807) is 36.4 Å². The summed E-state index contributed by atoms with van der Waals surface area (Å²) in [4.78, 5) is 13.6. The van der Waals surface area contributed by atoms with Gasteiger partial charge in [-0.1, -0.05) is 12.1 Å². The molecule has 1 heterocycles. The summed E-state index contributed by atoms with van der Waals surface area (Å²) in [5, 5.41) is 12.6. The molecule has 140 valence electrons. The number of carbonyl (C=O) groups is 1. The van der Waals surface area contributed by atoms with Crippen molar-refractivity contribution < 1.29 is 18.3 Å². The van der Waals surface area contributed by atoms with Crippen LogP contribution in [0.1, 0.15) is 29.3 Å². The van der Waals surface area contributed by atoms with Gasteiger partial charge in [-0.2, -0.15) is 14.0 Å². The summed E-state index contributed by atoms with van der Waals surface area (Å²) in [6.45, 7) is -0.174. The number of nitrogens with one attached hydrogen (secondary N) is 1. The second kappa shape index (κ2) is 8.04. The standard InChI is InChI=1S/C20H19F2N3O2/c1-13(26)14-6-7-15(11-23)17(10-14)24-16-8-9-25(12-16)18-4-2-3-5-19(18)27-20(21)22/h2-7,10,16,20,24H,8-9,12H2,1H3. The van der Waals surface area contributed by atoms with E-state index in [4.69, 9.17) is 0 Å². The molecular formula is C20H19F2N3O2. The van der Waals surface area contributed by atoms with E-state index in [0.717, 1.165) is 6.42 Å². The highest BCUT2D eigenvalue weighted by Gasteiger charge is 2.26. The van der Waals surface area contributed by atoms with Crippen LogP contribution in [-0.4, -0.2) is 31.5 Å². The molecule has 1 N–H and O–H groups in total. The highest BCUT2D eigenvalue weighted by Crippen LogP contribution is 2.32. The van der Waals surface area contributed by atoms with Gasteiger partial charge in [0.2, 0.25) is 0 Å². The van der Waals surface area contributed by atoms with E-state index < -0.39 is 6.61 Å². The third-order valence-corrected chi connectivity index (χ3v) is 4.52. The summed E-state index contributed by atoms with van der Waals surface area (Å²) in [7, 11) is 0. The van der Waals surface area contributed by atoms with E-state index in [9.17, 15) is 18.8 Å². The predicted molar refractivity (Wildman–Crippen MR) is 98.5 cm³/mol. The average Bonchev–Trinajstić information content (AvgIpc) is 3.10. The van der Waals surface area contributed by atoms with Crippen LogP contribution < -0.4 is 15.0 Å². The van der Waals surface area contributed by atoms with E-state index in [0.29, 0.717) is 35.6 Å². The van der Waals surface area contributed by atoms with Crippen molar-refractivity contribution in [3.05, 3.63) is 53.6 Å². The molecule has 27 heavy (non-hydrogen) atoms. The van der Waals surface area contributed by atoms with Crippen LogP contribution in [0.25, 0.3) is 0 Å². The molecule has 0 amide bonds. The molecule has 0 bridgehead atoms. The van der Waals surface area contributed by atoms with Crippen LogP contribution in [0.5, 0.6) is 5.75 Å². The number of hydrogen-bond acceptors (Lipinski definition) is 5. The first kappa shape index (κ1) is 18.6. The number of nitriles is 1. The van der Waals surface area contributed by atoms with Gasteiger partial charge in [0.05, 0.1) is 16.9 Å². The number of anilines is 2. The Morgan fingerprint density at radius 3 is 2.81 bits per heavy atom. The van der Waals surface area contributed by atoms with Gasteiger partial charge in [-0.3, -0.25) is 4.79 Å². The molecule has 0 aliphatic carbocycles. The SMILES string of the molecule is CC(=O)c1ccc(C#N)c(NC2CCN(c3ccccc3OC(F)F)C2)c1. The summed E-state index contributed by atoms with van der Waals surface area (Å²) in [6, 6.07) is 13.8. The van der Waals surface area contributed by atoms with E-state index in [-0.39, 0.29) is 17.6 Å². The average molecular weight is 371 g/mol. The zero-order valence-electron chi connectivity index (χ0n) is 14.8. The molecular weight excluding hydrogens is 352 g/mol. The van der Waals surface area contributed by atoms with Gasteiger partial charge in [-0.15, -0.1) is 0 Å². The van der Waals surface area contributed by atoms with Gasteiger partial charge in [0.25, 0.3) is 0 Å². The van der Waals surface area contributed by atoms with Gasteiger partial charge in [0.1, 0.15) is 11.8 Å². The number of halogens is 2. The van der Waals surface area contributed by atoms with Crippen molar-refractivity contribution in [1.29, 1.82) is 5.26 Å². The van der Waals surface area contributed by atoms with Crippen LogP contribution in [0, 0.1) is 11.3 Å². The summed E-state index contributed by atoms with van der Waals surface area (Å²) < 4.78 is 29.9. The Hall–Kier alpha value is -3.14. The predicted octanol–water partition coefficient (Wildman–Crippen LogP) is 4.05. The fourth-order valence-electron chi connectivity index (χ4n) is 3.21. The number of benzene rings is 2. The molecule has 2 aromatic carbocycles. The molecule has 3 rings (SSSR count). The van der Waals surface area contributed by atoms with Crippen LogP contribution in [0.3, 0.4) is 0 Å². The summed E-state index contributed by atoms with van der Waals surface area (Å²) >= 11 is 0. The first-order valence-corrected chi connectivity index (χ1v) is 8.58. The lowest BCUT2D eigenvalue weighted by Gasteiger charge is -2.22. The number of nitrogens with zero attached hydrogens (tertiary/aromatic N) is 2. The summed E-state index contributed by atoms with van der Waals surface area (Å²) in [5.74, 6) is 0.0677. The van der Waals surface area contributed by atoms with Gasteiger partial charge in [0, 0.05) is 24.7 Å². The first-order chi connectivity index (χ1) is 13.0. The number of ether oxygens (including phenoxy) is 1. The molecule has 7 heteroatoms. The van der Waals surface area contributed by atoms with Crippen molar-refractivity contribution in [1.82, 2.24) is 0 Å². The molecule has 0 spiro atoms. The Morgan fingerprint density at radius 2 is 2.11 bits per heavy atom. The molecule has 1 saturated heterocycles. The molecule has 1 aliphatic heterocycles.